The fraction of sp³-hybridized carbons (Fsp3) is 0.222. The van der Waals surface area contributed by atoms with Crippen molar-refractivity contribution in [2.24, 2.45) is 0 Å². The Morgan fingerprint density at radius 3 is 2.92 bits per heavy atom. The maximum atomic E-state index is 12.2. The number of nitrogens with one attached hydrogen (secondary N) is 1. The summed E-state index contributed by atoms with van der Waals surface area (Å²) in [4.78, 5) is 12.2. The smallest absolute Gasteiger partial charge is 0.251 e. The summed E-state index contributed by atoms with van der Waals surface area (Å²) in [6.45, 7) is 1.43. The van der Waals surface area contributed by atoms with Crippen molar-refractivity contribution in [2.45, 2.75) is 13.0 Å². The number of nitriles is 1. The molecule has 1 amide bonds. The molecule has 3 rings (SSSR count). The lowest BCUT2D eigenvalue weighted by atomic mass is 10.1. The summed E-state index contributed by atoms with van der Waals surface area (Å²) in [6.07, 6.45) is 0.798. The van der Waals surface area contributed by atoms with Gasteiger partial charge in [-0.25, -0.2) is 0 Å². The van der Waals surface area contributed by atoms with Gasteiger partial charge in [-0.2, -0.15) is 5.26 Å². The van der Waals surface area contributed by atoms with Gasteiger partial charge in [-0.3, -0.25) is 4.79 Å². The molecule has 0 bridgehead atoms. The molecule has 6 heteroatoms. The van der Waals surface area contributed by atoms with Crippen LogP contribution in [0.25, 0.3) is 0 Å². The fourth-order valence-electron chi connectivity index (χ4n) is 2.40. The first kappa shape index (κ1) is 16.2. The molecule has 122 valence electrons. The third kappa shape index (κ3) is 3.61. The van der Waals surface area contributed by atoms with E-state index < -0.39 is 0 Å². The molecule has 1 aliphatic rings. The largest absolute Gasteiger partial charge is 0.489 e. The molecule has 24 heavy (non-hydrogen) atoms. The summed E-state index contributed by atoms with van der Waals surface area (Å²) in [7, 11) is 0. The molecule has 1 aliphatic heterocycles. The number of hydrogen-bond donors (Lipinski definition) is 1. The Balaban J connectivity index is 1.72. The van der Waals surface area contributed by atoms with E-state index in [9.17, 15) is 4.79 Å². The Kier molecular flexibility index (Phi) is 4.88. The van der Waals surface area contributed by atoms with Gasteiger partial charge in [0, 0.05) is 18.5 Å². The lowest BCUT2D eigenvalue weighted by Crippen LogP contribution is -2.22. The van der Waals surface area contributed by atoms with Crippen molar-refractivity contribution in [1.82, 2.24) is 5.32 Å². The number of amides is 1. The summed E-state index contributed by atoms with van der Waals surface area (Å²) in [5.74, 6) is 0.886. The van der Waals surface area contributed by atoms with E-state index in [-0.39, 0.29) is 5.91 Å². The first-order valence-corrected chi connectivity index (χ1v) is 7.91. The number of rotatable bonds is 3. The molecule has 1 N–H and O–H groups in total. The second-order valence-corrected chi connectivity index (χ2v) is 5.74. The third-order valence-electron chi connectivity index (χ3n) is 3.57. The van der Waals surface area contributed by atoms with Crippen LogP contribution >= 0.6 is 11.6 Å². The standard InChI is InChI=1S/C18H15ClN2O3/c19-15-8-13(9-16-17(15)24-6-2-5-23-16)11-21-18(22)14-4-1-3-12(7-14)10-20/h1,3-4,7-9H,2,5-6,11H2,(H,21,22). The van der Waals surface area contributed by atoms with Crippen LogP contribution in [0.5, 0.6) is 11.5 Å². The van der Waals surface area contributed by atoms with E-state index in [1.54, 1.807) is 30.3 Å². The van der Waals surface area contributed by atoms with Gasteiger partial charge in [0.15, 0.2) is 11.5 Å². The Labute approximate surface area is 144 Å². The van der Waals surface area contributed by atoms with E-state index in [2.05, 4.69) is 5.32 Å². The SMILES string of the molecule is N#Cc1cccc(C(=O)NCc2cc(Cl)c3c(c2)OCCCO3)c1. The van der Waals surface area contributed by atoms with Gasteiger partial charge in [-0.05, 0) is 35.9 Å². The van der Waals surface area contributed by atoms with Gasteiger partial charge >= 0.3 is 0 Å². The van der Waals surface area contributed by atoms with Gasteiger partial charge in [0.05, 0.1) is 29.9 Å². The Bertz CT molecular complexity index is 814. The van der Waals surface area contributed by atoms with E-state index >= 15 is 0 Å². The first-order valence-electron chi connectivity index (χ1n) is 7.54. The number of halogens is 1. The lowest BCUT2D eigenvalue weighted by Gasteiger charge is -2.12. The minimum absolute atomic E-state index is 0.254. The zero-order chi connectivity index (χ0) is 16.9. The molecule has 0 fully saturated rings. The van der Waals surface area contributed by atoms with Crippen molar-refractivity contribution >= 4 is 17.5 Å². The van der Waals surface area contributed by atoms with Crippen LogP contribution in [0.1, 0.15) is 27.9 Å². The van der Waals surface area contributed by atoms with Gasteiger partial charge in [0.1, 0.15) is 0 Å². The van der Waals surface area contributed by atoms with E-state index in [0.29, 0.717) is 47.4 Å². The van der Waals surface area contributed by atoms with E-state index in [0.717, 1.165) is 12.0 Å². The molecule has 0 aliphatic carbocycles. The maximum Gasteiger partial charge on any atom is 0.251 e. The van der Waals surface area contributed by atoms with E-state index in [1.165, 1.54) is 0 Å². The molecular weight excluding hydrogens is 328 g/mol. The minimum Gasteiger partial charge on any atom is -0.489 e. The third-order valence-corrected chi connectivity index (χ3v) is 3.85. The van der Waals surface area contributed by atoms with Gasteiger partial charge in [0.25, 0.3) is 5.91 Å². The van der Waals surface area contributed by atoms with Crippen LogP contribution in [0.2, 0.25) is 5.02 Å². The van der Waals surface area contributed by atoms with Crippen molar-refractivity contribution in [1.29, 1.82) is 5.26 Å². The van der Waals surface area contributed by atoms with Crippen LogP contribution in [0.15, 0.2) is 36.4 Å². The molecule has 0 atom stereocenters. The predicted octanol–water partition coefficient (Wildman–Crippen LogP) is 3.30. The molecule has 0 aromatic heterocycles. The number of nitrogens with zero attached hydrogens (tertiary/aromatic N) is 1. The molecule has 0 saturated heterocycles. The quantitative estimate of drug-likeness (QED) is 0.929. The minimum atomic E-state index is -0.254. The zero-order valence-electron chi connectivity index (χ0n) is 12.8. The van der Waals surface area contributed by atoms with Crippen LogP contribution < -0.4 is 14.8 Å². The van der Waals surface area contributed by atoms with Gasteiger partial charge in [0.2, 0.25) is 0 Å². The summed E-state index contributed by atoms with van der Waals surface area (Å²) in [5, 5.41) is 12.2. The zero-order valence-corrected chi connectivity index (χ0v) is 13.6. The van der Waals surface area contributed by atoms with Crippen molar-refractivity contribution in [3.8, 4) is 17.6 Å². The predicted molar refractivity (Wildman–Crippen MR) is 89.4 cm³/mol. The highest BCUT2D eigenvalue weighted by Crippen LogP contribution is 2.37. The van der Waals surface area contributed by atoms with Gasteiger partial charge in [-0.15, -0.1) is 0 Å². The summed E-state index contributed by atoms with van der Waals surface area (Å²) in [6, 6.07) is 12.1. The monoisotopic (exact) mass is 342 g/mol. The number of carbonyl (C=O) groups excluding carboxylic acids is 1. The normalized spacial score (nSPS) is 12.8. The van der Waals surface area contributed by atoms with Crippen LogP contribution in [-0.2, 0) is 6.54 Å². The van der Waals surface area contributed by atoms with Crippen LogP contribution in [-0.4, -0.2) is 19.1 Å². The summed E-state index contributed by atoms with van der Waals surface area (Å²) in [5.41, 5.74) is 1.70. The van der Waals surface area contributed by atoms with Crippen LogP contribution in [0.3, 0.4) is 0 Å². The number of ether oxygens (including phenoxy) is 2. The molecule has 5 nitrogen and oxygen atoms in total. The highest BCUT2D eigenvalue weighted by molar-refractivity contribution is 6.32. The lowest BCUT2D eigenvalue weighted by molar-refractivity contribution is 0.0951. The molecule has 0 saturated carbocycles. The molecule has 0 spiro atoms. The van der Waals surface area contributed by atoms with Crippen molar-refractivity contribution < 1.29 is 14.3 Å². The topological polar surface area (TPSA) is 71.4 Å². The molecule has 2 aromatic carbocycles. The molecule has 0 unspecified atom stereocenters. The van der Waals surface area contributed by atoms with Crippen molar-refractivity contribution in [2.75, 3.05) is 13.2 Å². The average molecular weight is 343 g/mol. The van der Waals surface area contributed by atoms with Gasteiger partial charge < -0.3 is 14.8 Å². The first-order chi connectivity index (χ1) is 11.7. The molecule has 1 heterocycles. The van der Waals surface area contributed by atoms with Crippen LogP contribution in [0, 0.1) is 11.3 Å². The van der Waals surface area contributed by atoms with Crippen molar-refractivity contribution in [3.05, 3.63) is 58.1 Å². The summed E-state index contributed by atoms with van der Waals surface area (Å²) >= 11 is 6.24. The maximum absolute atomic E-state index is 12.2. The Morgan fingerprint density at radius 2 is 2.08 bits per heavy atom. The van der Waals surface area contributed by atoms with Crippen LogP contribution in [0.4, 0.5) is 0 Å². The number of carbonyl (C=O) groups is 1. The number of benzene rings is 2. The van der Waals surface area contributed by atoms with E-state index in [1.807, 2.05) is 12.1 Å². The molecular formula is C18H15ClN2O3. The Hall–Kier alpha value is -2.71. The van der Waals surface area contributed by atoms with E-state index in [4.69, 9.17) is 26.3 Å². The Morgan fingerprint density at radius 1 is 1.25 bits per heavy atom. The highest BCUT2D eigenvalue weighted by atomic mass is 35.5. The fourth-order valence-corrected chi connectivity index (χ4v) is 2.69. The molecule has 2 aromatic rings. The number of fused-ring (bicyclic) bond motifs is 1. The second kappa shape index (κ2) is 7.24. The summed E-state index contributed by atoms with van der Waals surface area (Å²) < 4.78 is 11.2. The van der Waals surface area contributed by atoms with Crippen molar-refractivity contribution in [3.63, 3.8) is 0 Å². The number of hydrogen-bond acceptors (Lipinski definition) is 4. The van der Waals surface area contributed by atoms with Gasteiger partial charge in [-0.1, -0.05) is 17.7 Å². The highest BCUT2D eigenvalue weighted by Gasteiger charge is 2.16. The molecule has 0 radical (unpaired) electrons. The second-order valence-electron chi connectivity index (χ2n) is 5.33. The average Bonchev–Trinajstić information content (AvgIpc) is 2.85.